The Labute approximate surface area is 183 Å². The van der Waals surface area contributed by atoms with Gasteiger partial charge in [0.1, 0.15) is 0 Å². The maximum absolute atomic E-state index is 13.1. The first-order valence-corrected chi connectivity index (χ1v) is 12.0. The first-order valence-electron chi connectivity index (χ1n) is 10.5. The molecule has 2 aromatic rings. The summed E-state index contributed by atoms with van der Waals surface area (Å²) in [5, 5.41) is 5.22. The average molecular weight is 444 g/mol. The standard InChI is InChI=1S/C23H29N3O4S/c1-17-10-12-20(13-11-17)31(29,30)26-16-6-5-8-19(26)14-15-24-22(27)23(28)25-21-9-4-3-7-18(21)2/h3-4,7,9-13,19H,5-6,8,14-16H2,1-2H3,(H,24,27)(H,25,28)/t19-/m1/s1. The topological polar surface area (TPSA) is 95.6 Å². The van der Waals surface area contributed by atoms with E-state index in [4.69, 9.17) is 0 Å². The van der Waals surface area contributed by atoms with Crippen LogP contribution in [-0.4, -0.2) is 43.7 Å². The minimum Gasteiger partial charge on any atom is -0.348 e. The third-order valence-electron chi connectivity index (χ3n) is 5.56. The normalized spacial score (nSPS) is 17.2. The van der Waals surface area contributed by atoms with E-state index in [9.17, 15) is 18.0 Å². The Balaban J connectivity index is 1.58. The van der Waals surface area contributed by atoms with Gasteiger partial charge in [-0.05, 0) is 56.9 Å². The zero-order valence-electron chi connectivity index (χ0n) is 17.9. The smallest absolute Gasteiger partial charge is 0.313 e. The van der Waals surface area contributed by atoms with Gasteiger partial charge in [-0.1, -0.05) is 42.3 Å². The number of rotatable bonds is 6. The first kappa shape index (κ1) is 23.0. The Morgan fingerprint density at radius 2 is 1.71 bits per heavy atom. The molecule has 166 valence electrons. The van der Waals surface area contributed by atoms with Gasteiger partial charge < -0.3 is 10.6 Å². The van der Waals surface area contributed by atoms with Crippen LogP contribution in [0.15, 0.2) is 53.4 Å². The predicted molar refractivity (Wildman–Crippen MR) is 120 cm³/mol. The van der Waals surface area contributed by atoms with Gasteiger partial charge in [0, 0.05) is 24.8 Å². The van der Waals surface area contributed by atoms with Gasteiger partial charge in [0.05, 0.1) is 4.90 Å². The molecule has 3 rings (SSSR count). The maximum atomic E-state index is 13.1. The molecule has 7 nitrogen and oxygen atoms in total. The van der Waals surface area contributed by atoms with E-state index < -0.39 is 21.8 Å². The van der Waals surface area contributed by atoms with Crippen molar-refractivity contribution in [1.29, 1.82) is 0 Å². The van der Waals surface area contributed by atoms with Gasteiger partial charge in [-0.2, -0.15) is 4.31 Å². The van der Waals surface area contributed by atoms with Gasteiger partial charge in [0.2, 0.25) is 10.0 Å². The fraction of sp³-hybridized carbons (Fsp3) is 0.391. The fourth-order valence-electron chi connectivity index (χ4n) is 3.75. The second-order valence-corrected chi connectivity index (χ2v) is 9.78. The van der Waals surface area contributed by atoms with E-state index in [1.807, 2.05) is 26.0 Å². The van der Waals surface area contributed by atoms with Gasteiger partial charge in [-0.25, -0.2) is 8.42 Å². The van der Waals surface area contributed by atoms with Crippen molar-refractivity contribution in [2.24, 2.45) is 0 Å². The fourth-order valence-corrected chi connectivity index (χ4v) is 5.47. The van der Waals surface area contributed by atoms with Crippen LogP contribution in [-0.2, 0) is 19.6 Å². The van der Waals surface area contributed by atoms with Crippen molar-refractivity contribution in [3.05, 3.63) is 59.7 Å². The van der Waals surface area contributed by atoms with Gasteiger partial charge in [0.15, 0.2) is 0 Å². The molecular formula is C23H29N3O4S. The lowest BCUT2D eigenvalue weighted by Gasteiger charge is -2.34. The summed E-state index contributed by atoms with van der Waals surface area (Å²) in [6, 6.07) is 13.9. The van der Waals surface area contributed by atoms with Crippen LogP contribution in [0.25, 0.3) is 0 Å². The number of benzene rings is 2. The van der Waals surface area contributed by atoms with Gasteiger partial charge in [0.25, 0.3) is 0 Å². The minimum atomic E-state index is -3.60. The van der Waals surface area contributed by atoms with Crippen molar-refractivity contribution in [2.45, 2.75) is 50.5 Å². The van der Waals surface area contributed by atoms with E-state index in [2.05, 4.69) is 10.6 Å². The van der Waals surface area contributed by atoms with E-state index >= 15 is 0 Å². The number of carbonyl (C=O) groups is 2. The molecule has 0 aliphatic carbocycles. The Morgan fingerprint density at radius 3 is 2.42 bits per heavy atom. The van der Waals surface area contributed by atoms with Crippen LogP contribution in [0.3, 0.4) is 0 Å². The van der Waals surface area contributed by atoms with Crippen LogP contribution < -0.4 is 10.6 Å². The van der Waals surface area contributed by atoms with Crippen LogP contribution in [0.2, 0.25) is 0 Å². The molecule has 2 N–H and O–H groups in total. The molecule has 0 aromatic heterocycles. The Hall–Kier alpha value is -2.71. The summed E-state index contributed by atoms with van der Waals surface area (Å²) in [6.45, 7) is 4.45. The molecule has 2 amide bonds. The molecule has 2 aromatic carbocycles. The Kier molecular flexibility index (Phi) is 7.46. The SMILES string of the molecule is Cc1ccc(S(=O)(=O)N2CCCC[C@@H]2CCNC(=O)C(=O)Nc2ccccc2C)cc1. The van der Waals surface area contributed by atoms with Crippen LogP contribution in [0, 0.1) is 13.8 Å². The third kappa shape index (κ3) is 5.71. The van der Waals surface area contributed by atoms with Crippen LogP contribution >= 0.6 is 0 Å². The summed E-state index contributed by atoms with van der Waals surface area (Å²) in [4.78, 5) is 24.6. The summed E-state index contributed by atoms with van der Waals surface area (Å²) in [6.07, 6.45) is 2.93. The summed E-state index contributed by atoms with van der Waals surface area (Å²) in [5.74, 6) is -1.46. The maximum Gasteiger partial charge on any atom is 0.313 e. The Bertz CT molecular complexity index is 1040. The number of anilines is 1. The second-order valence-electron chi connectivity index (χ2n) is 7.89. The number of hydrogen-bond acceptors (Lipinski definition) is 4. The van der Waals surface area contributed by atoms with E-state index in [-0.39, 0.29) is 17.5 Å². The third-order valence-corrected chi connectivity index (χ3v) is 7.53. The number of sulfonamides is 1. The van der Waals surface area contributed by atoms with E-state index in [0.29, 0.717) is 18.7 Å². The van der Waals surface area contributed by atoms with Crippen molar-refractivity contribution in [2.75, 3.05) is 18.4 Å². The molecule has 1 heterocycles. The summed E-state index contributed by atoms with van der Waals surface area (Å²) in [7, 11) is -3.60. The number of para-hydroxylation sites is 1. The van der Waals surface area contributed by atoms with E-state index in [0.717, 1.165) is 30.4 Å². The average Bonchev–Trinajstić information content (AvgIpc) is 2.76. The molecule has 0 radical (unpaired) electrons. The summed E-state index contributed by atoms with van der Waals surface area (Å²) in [5.41, 5.74) is 2.45. The zero-order valence-corrected chi connectivity index (χ0v) is 18.7. The van der Waals surface area contributed by atoms with Crippen molar-refractivity contribution in [3.63, 3.8) is 0 Å². The Morgan fingerprint density at radius 1 is 1.00 bits per heavy atom. The number of carbonyl (C=O) groups excluding carboxylic acids is 2. The highest BCUT2D eigenvalue weighted by atomic mass is 32.2. The molecule has 1 fully saturated rings. The molecule has 1 aliphatic heterocycles. The van der Waals surface area contributed by atoms with Crippen LogP contribution in [0.1, 0.15) is 36.8 Å². The molecule has 8 heteroatoms. The lowest BCUT2D eigenvalue weighted by atomic mass is 10.0. The van der Waals surface area contributed by atoms with Crippen LogP contribution in [0.5, 0.6) is 0 Å². The molecule has 0 unspecified atom stereocenters. The van der Waals surface area contributed by atoms with Gasteiger partial charge in [-0.15, -0.1) is 0 Å². The molecule has 0 spiro atoms. The molecule has 31 heavy (non-hydrogen) atoms. The lowest BCUT2D eigenvalue weighted by Crippen LogP contribution is -2.45. The van der Waals surface area contributed by atoms with E-state index in [1.165, 1.54) is 0 Å². The van der Waals surface area contributed by atoms with Crippen molar-refractivity contribution in [1.82, 2.24) is 9.62 Å². The van der Waals surface area contributed by atoms with Crippen LogP contribution in [0.4, 0.5) is 5.69 Å². The highest BCUT2D eigenvalue weighted by molar-refractivity contribution is 7.89. The monoisotopic (exact) mass is 443 g/mol. The highest BCUT2D eigenvalue weighted by Crippen LogP contribution is 2.27. The van der Waals surface area contributed by atoms with Gasteiger partial charge in [-0.3, -0.25) is 9.59 Å². The molecule has 0 bridgehead atoms. The van der Waals surface area contributed by atoms with Crippen molar-refractivity contribution < 1.29 is 18.0 Å². The summed E-state index contributed by atoms with van der Waals surface area (Å²) < 4.78 is 27.8. The first-order chi connectivity index (χ1) is 14.8. The van der Waals surface area contributed by atoms with E-state index in [1.54, 1.807) is 40.7 Å². The molecule has 1 atom stereocenters. The number of amides is 2. The number of hydrogen-bond donors (Lipinski definition) is 2. The number of aryl methyl sites for hydroxylation is 2. The molecule has 0 saturated carbocycles. The quantitative estimate of drug-likeness (QED) is 0.671. The highest BCUT2D eigenvalue weighted by Gasteiger charge is 2.33. The molecular weight excluding hydrogens is 414 g/mol. The second kappa shape index (κ2) is 10.1. The minimum absolute atomic E-state index is 0.209. The predicted octanol–water partition coefficient (Wildman–Crippen LogP) is 2.99. The largest absolute Gasteiger partial charge is 0.348 e. The number of nitrogens with zero attached hydrogens (tertiary/aromatic N) is 1. The molecule has 1 aliphatic rings. The number of piperidine rings is 1. The molecule has 1 saturated heterocycles. The van der Waals surface area contributed by atoms with Crippen molar-refractivity contribution >= 4 is 27.5 Å². The van der Waals surface area contributed by atoms with Crippen molar-refractivity contribution in [3.8, 4) is 0 Å². The van der Waals surface area contributed by atoms with Gasteiger partial charge >= 0.3 is 11.8 Å². The lowest BCUT2D eigenvalue weighted by molar-refractivity contribution is -0.136. The summed E-state index contributed by atoms with van der Waals surface area (Å²) >= 11 is 0. The number of nitrogens with one attached hydrogen (secondary N) is 2. The zero-order chi connectivity index (χ0) is 22.4.